The Morgan fingerprint density at radius 2 is 2.20 bits per heavy atom. The standard InChI is InChI=1S/C17H26BrNO/c1-4-12-6-5-7-13(10-12)17(19-2)14-8-9-16(20-3)15(18)11-14/h8-9,11-13,17,19H,4-7,10H2,1-3H3. The summed E-state index contributed by atoms with van der Waals surface area (Å²) in [6, 6.07) is 6.91. The van der Waals surface area contributed by atoms with E-state index in [1.807, 2.05) is 0 Å². The van der Waals surface area contributed by atoms with E-state index in [0.29, 0.717) is 6.04 Å². The largest absolute Gasteiger partial charge is 0.496 e. The summed E-state index contributed by atoms with van der Waals surface area (Å²) in [5.74, 6) is 2.56. The predicted octanol–water partition coefficient (Wildman–Crippen LogP) is 4.93. The minimum Gasteiger partial charge on any atom is -0.496 e. The van der Waals surface area contributed by atoms with E-state index in [1.54, 1.807) is 7.11 Å². The number of methoxy groups -OCH3 is 1. The van der Waals surface area contributed by atoms with Crippen LogP contribution in [0.4, 0.5) is 0 Å². The van der Waals surface area contributed by atoms with Crippen molar-refractivity contribution in [2.24, 2.45) is 11.8 Å². The Bertz CT molecular complexity index is 435. The van der Waals surface area contributed by atoms with Crippen molar-refractivity contribution in [1.82, 2.24) is 5.32 Å². The first-order valence-corrected chi connectivity index (χ1v) is 8.49. The van der Waals surface area contributed by atoms with Crippen LogP contribution in [0.25, 0.3) is 0 Å². The first-order valence-electron chi connectivity index (χ1n) is 7.70. The van der Waals surface area contributed by atoms with E-state index in [1.165, 1.54) is 37.7 Å². The fourth-order valence-electron chi connectivity index (χ4n) is 3.56. The molecule has 1 saturated carbocycles. The summed E-state index contributed by atoms with van der Waals surface area (Å²) < 4.78 is 6.37. The SMILES string of the molecule is CCC1CCCC(C(NC)c2ccc(OC)c(Br)c2)C1. The second kappa shape index (κ2) is 7.46. The van der Waals surface area contributed by atoms with Crippen molar-refractivity contribution in [3.8, 4) is 5.75 Å². The molecule has 0 radical (unpaired) electrons. The highest BCUT2D eigenvalue weighted by Crippen LogP contribution is 2.39. The smallest absolute Gasteiger partial charge is 0.133 e. The maximum absolute atomic E-state index is 5.33. The molecule has 112 valence electrons. The van der Waals surface area contributed by atoms with E-state index < -0.39 is 0 Å². The van der Waals surface area contributed by atoms with E-state index in [-0.39, 0.29) is 0 Å². The Morgan fingerprint density at radius 3 is 2.80 bits per heavy atom. The fourth-order valence-corrected chi connectivity index (χ4v) is 4.12. The minimum absolute atomic E-state index is 0.451. The van der Waals surface area contributed by atoms with Crippen molar-refractivity contribution < 1.29 is 4.74 Å². The van der Waals surface area contributed by atoms with Gasteiger partial charge in [-0.1, -0.05) is 32.3 Å². The lowest BCUT2D eigenvalue weighted by Crippen LogP contribution is -2.29. The summed E-state index contributed by atoms with van der Waals surface area (Å²) in [5.41, 5.74) is 1.36. The molecule has 1 aliphatic carbocycles. The lowest BCUT2D eigenvalue weighted by molar-refractivity contribution is 0.214. The van der Waals surface area contributed by atoms with E-state index in [0.717, 1.165) is 22.1 Å². The van der Waals surface area contributed by atoms with Gasteiger partial charge in [0.25, 0.3) is 0 Å². The molecule has 2 rings (SSSR count). The third-order valence-corrected chi connectivity index (χ3v) is 5.34. The molecule has 0 spiro atoms. The van der Waals surface area contributed by atoms with Gasteiger partial charge in [-0.15, -0.1) is 0 Å². The molecule has 0 heterocycles. The maximum Gasteiger partial charge on any atom is 0.133 e. The molecule has 3 atom stereocenters. The van der Waals surface area contributed by atoms with Gasteiger partial charge in [-0.3, -0.25) is 0 Å². The lowest BCUT2D eigenvalue weighted by atomic mass is 9.75. The number of benzene rings is 1. The molecule has 0 amide bonds. The third-order valence-electron chi connectivity index (χ3n) is 4.72. The molecule has 1 N–H and O–H groups in total. The second-order valence-corrected chi connectivity index (χ2v) is 6.72. The van der Waals surface area contributed by atoms with Crippen molar-refractivity contribution in [3.63, 3.8) is 0 Å². The van der Waals surface area contributed by atoms with E-state index >= 15 is 0 Å². The molecule has 0 saturated heterocycles. The van der Waals surface area contributed by atoms with Crippen LogP contribution in [0.1, 0.15) is 50.6 Å². The van der Waals surface area contributed by atoms with Crippen molar-refractivity contribution >= 4 is 15.9 Å². The Morgan fingerprint density at radius 1 is 1.40 bits per heavy atom. The molecule has 1 aliphatic rings. The zero-order chi connectivity index (χ0) is 14.5. The van der Waals surface area contributed by atoms with Crippen LogP contribution in [0.2, 0.25) is 0 Å². The Hall–Kier alpha value is -0.540. The molecule has 1 aromatic rings. The third kappa shape index (κ3) is 3.56. The molecule has 3 unspecified atom stereocenters. The average Bonchev–Trinajstić information content (AvgIpc) is 2.48. The van der Waals surface area contributed by atoms with Crippen molar-refractivity contribution in [1.29, 1.82) is 0 Å². The van der Waals surface area contributed by atoms with Crippen LogP contribution < -0.4 is 10.1 Å². The number of halogens is 1. The van der Waals surface area contributed by atoms with Crippen LogP contribution in [-0.4, -0.2) is 14.2 Å². The molecule has 1 fully saturated rings. The lowest BCUT2D eigenvalue weighted by Gasteiger charge is -2.34. The topological polar surface area (TPSA) is 21.3 Å². The Kier molecular flexibility index (Phi) is 5.91. The van der Waals surface area contributed by atoms with Gasteiger partial charge in [0.15, 0.2) is 0 Å². The van der Waals surface area contributed by atoms with E-state index in [9.17, 15) is 0 Å². The van der Waals surface area contributed by atoms with Crippen molar-refractivity contribution in [3.05, 3.63) is 28.2 Å². The highest BCUT2D eigenvalue weighted by molar-refractivity contribution is 9.10. The number of nitrogens with one attached hydrogen (secondary N) is 1. The van der Waals surface area contributed by atoms with Crippen LogP contribution in [0.3, 0.4) is 0 Å². The maximum atomic E-state index is 5.33. The van der Waals surface area contributed by atoms with Gasteiger partial charge in [-0.25, -0.2) is 0 Å². The summed E-state index contributed by atoms with van der Waals surface area (Å²) in [4.78, 5) is 0. The molecule has 3 heteroatoms. The van der Waals surface area contributed by atoms with Gasteiger partial charge >= 0.3 is 0 Å². The van der Waals surface area contributed by atoms with Crippen molar-refractivity contribution in [2.75, 3.05) is 14.2 Å². The molecule has 0 aromatic heterocycles. The molecular formula is C17H26BrNO. The zero-order valence-electron chi connectivity index (χ0n) is 12.8. The van der Waals surface area contributed by atoms with Gasteiger partial charge < -0.3 is 10.1 Å². The van der Waals surface area contributed by atoms with E-state index in [2.05, 4.69) is 53.4 Å². The summed E-state index contributed by atoms with van der Waals surface area (Å²) in [5, 5.41) is 3.54. The molecule has 0 bridgehead atoms. The number of hydrogen-bond donors (Lipinski definition) is 1. The van der Waals surface area contributed by atoms with Gasteiger partial charge in [0.2, 0.25) is 0 Å². The molecular weight excluding hydrogens is 314 g/mol. The molecule has 0 aliphatic heterocycles. The van der Waals surface area contributed by atoms with Gasteiger partial charge in [0.1, 0.15) is 5.75 Å². The number of rotatable bonds is 5. The second-order valence-electron chi connectivity index (χ2n) is 5.86. The van der Waals surface area contributed by atoms with Crippen molar-refractivity contribution in [2.45, 2.75) is 45.1 Å². The van der Waals surface area contributed by atoms with Crippen LogP contribution in [-0.2, 0) is 0 Å². The monoisotopic (exact) mass is 339 g/mol. The van der Waals surface area contributed by atoms with Gasteiger partial charge in [0.05, 0.1) is 11.6 Å². The predicted molar refractivity (Wildman–Crippen MR) is 88.2 cm³/mol. The molecule has 2 nitrogen and oxygen atoms in total. The minimum atomic E-state index is 0.451. The summed E-state index contributed by atoms with van der Waals surface area (Å²) >= 11 is 3.60. The van der Waals surface area contributed by atoms with Gasteiger partial charge in [-0.2, -0.15) is 0 Å². The van der Waals surface area contributed by atoms with Crippen LogP contribution in [0, 0.1) is 11.8 Å². The van der Waals surface area contributed by atoms with Crippen LogP contribution in [0.5, 0.6) is 5.75 Å². The number of ether oxygens (including phenoxy) is 1. The summed E-state index contributed by atoms with van der Waals surface area (Å²) in [6.07, 6.45) is 6.80. The normalized spacial score (nSPS) is 24.4. The summed E-state index contributed by atoms with van der Waals surface area (Å²) in [7, 11) is 3.79. The van der Waals surface area contributed by atoms with E-state index in [4.69, 9.17) is 4.74 Å². The molecule has 20 heavy (non-hydrogen) atoms. The quantitative estimate of drug-likeness (QED) is 0.820. The Balaban J connectivity index is 2.16. The van der Waals surface area contributed by atoms with Crippen LogP contribution >= 0.6 is 15.9 Å². The molecule has 1 aromatic carbocycles. The highest BCUT2D eigenvalue weighted by atomic mass is 79.9. The van der Waals surface area contributed by atoms with Crippen LogP contribution in [0.15, 0.2) is 22.7 Å². The Labute approximate surface area is 131 Å². The fraction of sp³-hybridized carbons (Fsp3) is 0.647. The first kappa shape index (κ1) is 15.8. The highest BCUT2D eigenvalue weighted by Gasteiger charge is 2.28. The van der Waals surface area contributed by atoms with Gasteiger partial charge in [0, 0.05) is 6.04 Å². The zero-order valence-corrected chi connectivity index (χ0v) is 14.4. The average molecular weight is 340 g/mol. The number of hydrogen-bond acceptors (Lipinski definition) is 2. The first-order chi connectivity index (χ1) is 9.69. The van der Waals surface area contributed by atoms with Gasteiger partial charge in [-0.05, 0) is 65.4 Å². The summed E-state index contributed by atoms with van der Waals surface area (Å²) in [6.45, 7) is 2.32.